The topological polar surface area (TPSA) is 39.6 Å². The van der Waals surface area contributed by atoms with Gasteiger partial charge in [0.05, 0.1) is 5.52 Å². The second kappa shape index (κ2) is 2.65. The molecule has 1 aromatic carbocycles. The van der Waals surface area contributed by atoms with Gasteiger partial charge in [-0.15, -0.1) is 0 Å². The van der Waals surface area contributed by atoms with Crippen molar-refractivity contribution in [1.29, 1.82) is 5.26 Å². The van der Waals surface area contributed by atoms with Crippen molar-refractivity contribution in [2.45, 2.75) is 0 Å². The standard InChI is InChI=1S/C9H5BrN2/c10-8-3-1-2-6-4-7(5-11)12-9(6)8/h1-4,12H. The Kier molecular flexibility index (Phi) is 1.63. The maximum atomic E-state index is 8.63. The highest BCUT2D eigenvalue weighted by Gasteiger charge is 2.01. The molecule has 0 aliphatic carbocycles. The van der Waals surface area contributed by atoms with Gasteiger partial charge in [-0.1, -0.05) is 12.1 Å². The molecule has 3 heteroatoms. The molecule has 0 radical (unpaired) electrons. The van der Waals surface area contributed by atoms with Crippen molar-refractivity contribution in [2.75, 3.05) is 0 Å². The van der Waals surface area contributed by atoms with Crippen LogP contribution in [0.3, 0.4) is 0 Å². The first kappa shape index (κ1) is 7.38. The van der Waals surface area contributed by atoms with Gasteiger partial charge in [-0.3, -0.25) is 0 Å². The van der Waals surface area contributed by atoms with E-state index in [-0.39, 0.29) is 0 Å². The largest absolute Gasteiger partial charge is 0.345 e. The lowest BCUT2D eigenvalue weighted by Crippen LogP contribution is -1.71. The summed E-state index contributed by atoms with van der Waals surface area (Å²) in [7, 11) is 0. The predicted octanol–water partition coefficient (Wildman–Crippen LogP) is 2.80. The third kappa shape index (κ3) is 1.01. The molecule has 0 aliphatic rings. The van der Waals surface area contributed by atoms with E-state index in [0.29, 0.717) is 5.69 Å². The number of aromatic nitrogens is 1. The van der Waals surface area contributed by atoms with Gasteiger partial charge in [-0.05, 0) is 28.1 Å². The second-order valence-corrected chi connectivity index (χ2v) is 3.35. The van der Waals surface area contributed by atoms with E-state index in [0.717, 1.165) is 15.4 Å². The molecule has 0 atom stereocenters. The van der Waals surface area contributed by atoms with Gasteiger partial charge in [0, 0.05) is 9.86 Å². The molecule has 1 N–H and O–H groups in total. The highest BCUT2D eigenvalue weighted by atomic mass is 79.9. The van der Waals surface area contributed by atoms with E-state index in [2.05, 4.69) is 27.0 Å². The Balaban J connectivity index is 2.85. The summed E-state index contributed by atoms with van der Waals surface area (Å²) in [5, 5.41) is 9.69. The van der Waals surface area contributed by atoms with Crippen molar-refractivity contribution in [3.05, 3.63) is 34.4 Å². The summed E-state index contributed by atoms with van der Waals surface area (Å²) in [6, 6.07) is 9.76. The van der Waals surface area contributed by atoms with Gasteiger partial charge in [0.2, 0.25) is 0 Å². The number of rotatable bonds is 0. The minimum absolute atomic E-state index is 0.594. The number of para-hydroxylation sites is 1. The fourth-order valence-corrected chi connectivity index (χ4v) is 1.66. The third-order valence-electron chi connectivity index (χ3n) is 1.73. The van der Waals surface area contributed by atoms with Gasteiger partial charge in [-0.25, -0.2) is 0 Å². The molecule has 1 aromatic heterocycles. The van der Waals surface area contributed by atoms with E-state index in [9.17, 15) is 0 Å². The van der Waals surface area contributed by atoms with Crippen LogP contribution in [-0.4, -0.2) is 4.98 Å². The average molecular weight is 221 g/mol. The molecule has 0 spiro atoms. The van der Waals surface area contributed by atoms with Crippen LogP contribution in [0.1, 0.15) is 5.69 Å². The summed E-state index contributed by atoms with van der Waals surface area (Å²) >= 11 is 3.40. The summed E-state index contributed by atoms with van der Waals surface area (Å²) in [5.41, 5.74) is 1.57. The first-order chi connectivity index (χ1) is 5.81. The van der Waals surface area contributed by atoms with E-state index < -0.39 is 0 Å². The number of nitriles is 1. The van der Waals surface area contributed by atoms with Crippen LogP contribution in [-0.2, 0) is 0 Å². The zero-order valence-corrected chi connectivity index (χ0v) is 7.72. The van der Waals surface area contributed by atoms with Crippen molar-refractivity contribution in [1.82, 2.24) is 4.98 Å². The fraction of sp³-hybridized carbons (Fsp3) is 0. The highest BCUT2D eigenvalue weighted by molar-refractivity contribution is 9.10. The van der Waals surface area contributed by atoms with Crippen LogP contribution in [0.25, 0.3) is 10.9 Å². The number of H-pyrrole nitrogens is 1. The molecule has 2 aromatic rings. The summed E-state index contributed by atoms with van der Waals surface area (Å²) in [5.74, 6) is 0. The number of benzene rings is 1. The summed E-state index contributed by atoms with van der Waals surface area (Å²) < 4.78 is 0.988. The summed E-state index contributed by atoms with van der Waals surface area (Å²) in [4.78, 5) is 3.01. The Morgan fingerprint density at radius 2 is 2.25 bits per heavy atom. The quantitative estimate of drug-likeness (QED) is 0.729. The average Bonchev–Trinajstić information content (AvgIpc) is 2.49. The first-order valence-electron chi connectivity index (χ1n) is 3.48. The molecule has 58 valence electrons. The Labute approximate surface area is 77.9 Å². The molecular formula is C9H5BrN2. The number of hydrogen-bond donors (Lipinski definition) is 1. The third-order valence-corrected chi connectivity index (χ3v) is 2.39. The normalized spacial score (nSPS) is 10.0. The van der Waals surface area contributed by atoms with Gasteiger partial charge >= 0.3 is 0 Å². The van der Waals surface area contributed by atoms with Crippen molar-refractivity contribution < 1.29 is 0 Å². The number of aromatic amines is 1. The van der Waals surface area contributed by atoms with Crippen molar-refractivity contribution in [3.63, 3.8) is 0 Å². The maximum Gasteiger partial charge on any atom is 0.118 e. The monoisotopic (exact) mass is 220 g/mol. The molecule has 0 saturated carbocycles. The van der Waals surface area contributed by atoms with E-state index in [1.165, 1.54) is 0 Å². The molecule has 0 fully saturated rings. The van der Waals surface area contributed by atoms with Gasteiger partial charge in [0.15, 0.2) is 0 Å². The Hall–Kier alpha value is -1.27. The van der Waals surface area contributed by atoms with Crippen molar-refractivity contribution >= 4 is 26.8 Å². The van der Waals surface area contributed by atoms with Crippen LogP contribution in [0.4, 0.5) is 0 Å². The van der Waals surface area contributed by atoms with Gasteiger partial charge in [0.25, 0.3) is 0 Å². The SMILES string of the molecule is N#Cc1cc2cccc(Br)c2[nH]1. The lowest BCUT2D eigenvalue weighted by molar-refractivity contribution is 1.37. The van der Waals surface area contributed by atoms with Crippen LogP contribution in [0, 0.1) is 11.3 Å². The van der Waals surface area contributed by atoms with Crippen molar-refractivity contribution in [2.24, 2.45) is 0 Å². The smallest absolute Gasteiger partial charge is 0.118 e. The van der Waals surface area contributed by atoms with E-state index in [1.807, 2.05) is 24.3 Å². The van der Waals surface area contributed by atoms with Gasteiger partial charge in [0.1, 0.15) is 11.8 Å². The van der Waals surface area contributed by atoms with Gasteiger partial charge < -0.3 is 4.98 Å². The lowest BCUT2D eigenvalue weighted by atomic mass is 10.2. The number of halogens is 1. The molecule has 12 heavy (non-hydrogen) atoms. The Morgan fingerprint density at radius 3 is 2.92 bits per heavy atom. The van der Waals surface area contributed by atoms with Crippen LogP contribution in [0.2, 0.25) is 0 Å². The molecule has 0 unspecified atom stereocenters. The predicted molar refractivity (Wildman–Crippen MR) is 50.7 cm³/mol. The van der Waals surface area contributed by atoms with Crippen LogP contribution in [0.5, 0.6) is 0 Å². The van der Waals surface area contributed by atoms with E-state index in [1.54, 1.807) is 0 Å². The van der Waals surface area contributed by atoms with Crippen LogP contribution < -0.4 is 0 Å². The van der Waals surface area contributed by atoms with E-state index >= 15 is 0 Å². The molecule has 2 nitrogen and oxygen atoms in total. The fourth-order valence-electron chi connectivity index (χ4n) is 1.18. The first-order valence-corrected chi connectivity index (χ1v) is 4.28. The van der Waals surface area contributed by atoms with Gasteiger partial charge in [-0.2, -0.15) is 5.26 Å². The zero-order valence-electron chi connectivity index (χ0n) is 6.13. The molecule has 1 heterocycles. The number of nitrogens with one attached hydrogen (secondary N) is 1. The van der Waals surface area contributed by atoms with Crippen LogP contribution in [0.15, 0.2) is 28.7 Å². The van der Waals surface area contributed by atoms with Crippen molar-refractivity contribution in [3.8, 4) is 6.07 Å². The van der Waals surface area contributed by atoms with E-state index in [4.69, 9.17) is 5.26 Å². The molecule has 2 rings (SSSR count). The number of hydrogen-bond acceptors (Lipinski definition) is 1. The molecule has 0 saturated heterocycles. The number of fused-ring (bicyclic) bond motifs is 1. The number of nitrogens with zero attached hydrogens (tertiary/aromatic N) is 1. The zero-order chi connectivity index (χ0) is 8.55. The van der Waals surface area contributed by atoms with Crippen LogP contribution >= 0.6 is 15.9 Å². The summed E-state index contributed by atoms with van der Waals surface area (Å²) in [6.07, 6.45) is 0. The highest BCUT2D eigenvalue weighted by Crippen LogP contribution is 2.23. The molecular weight excluding hydrogens is 216 g/mol. The Bertz CT molecular complexity index is 465. The molecule has 0 bridgehead atoms. The second-order valence-electron chi connectivity index (χ2n) is 2.50. The minimum atomic E-state index is 0.594. The molecule has 0 amide bonds. The lowest BCUT2D eigenvalue weighted by Gasteiger charge is -1.90. The maximum absolute atomic E-state index is 8.63. The Morgan fingerprint density at radius 1 is 1.42 bits per heavy atom. The summed E-state index contributed by atoms with van der Waals surface area (Å²) in [6.45, 7) is 0. The minimum Gasteiger partial charge on any atom is -0.345 e. The molecule has 0 aliphatic heterocycles.